The van der Waals surface area contributed by atoms with Crippen LogP contribution in [0.1, 0.15) is 44.1 Å². The zero-order valence-corrected chi connectivity index (χ0v) is 13.3. The normalized spacial score (nSPS) is 16.5. The standard InChI is InChI=1S/C18H29NO2/c1-19(16-17-10-5-4-6-11-17)13-8-3-2-7-12-18-20-14-9-15-21-18/h4-6,10-11,18H,2-3,7-9,12-16H2,1H3. The van der Waals surface area contributed by atoms with Crippen molar-refractivity contribution in [2.24, 2.45) is 0 Å². The minimum absolute atomic E-state index is 0.0690. The summed E-state index contributed by atoms with van der Waals surface area (Å²) in [6.07, 6.45) is 7.24. The number of nitrogens with zero attached hydrogens (tertiary/aromatic N) is 1. The first kappa shape index (κ1) is 16.5. The van der Waals surface area contributed by atoms with E-state index >= 15 is 0 Å². The van der Waals surface area contributed by atoms with Gasteiger partial charge in [0.05, 0.1) is 13.2 Å². The number of rotatable bonds is 9. The van der Waals surface area contributed by atoms with Gasteiger partial charge in [-0.25, -0.2) is 0 Å². The van der Waals surface area contributed by atoms with Crippen LogP contribution in [0.25, 0.3) is 0 Å². The topological polar surface area (TPSA) is 21.7 Å². The van der Waals surface area contributed by atoms with Gasteiger partial charge in [-0.3, -0.25) is 0 Å². The molecule has 3 heteroatoms. The summed E-state index contributed by atoms with van der Waals surface area (Å²) in [5.41, 5.74) is 1.39. The van der Waals surface area contributed by atoms with Crippen LogP contribution < -0.4 is 0 Å². The lowest BCUT2D eigenvalue weighted by molar-refractivity contribution is -0.181. The quantitative estimate of drug-likeness (QED) is 0.645. The molecular weight excluding hydrogens is 262 g/mol. The molecule has 0 saturated carbocycles. The van der Waals surface area contributed by atoms with Crippen molar-refractivity contribution < 1.29 is 9.47 Å². The highest BCUT2D eigenvalue weighted by atomic mass is 16.7. The van der Waals surface area contributed by atoms with Crippen molar-refractivity contribution in [1.29, 1.82) is 0 Å². The minimum Gasteiger partial charge on any atom is -0.353 e. The van der Waals surface area contributed by atoms with Crippen LogP contribution in [0.2, 0.25) is 0 Å². The van der Waals surface area contributed by atoms with Crippen molar-refractivity contribution in [3.05, 3.63) is 35.9 Å². The minimum atomic E-state index is 0.0690. The van der Waals surface area contributed by atoms with Gasteiger partial charge in [0, 0.05) is 6.54 Å². The number of ether oxygens (including phenoxy) is 2. The first-order valence-electron chi connectivity index (χ1n) is 8.30. The highest BCUT2D eigenvalue weighted by Crippen LogP contribution is 2.13. The smallest absolute Gasteiger partial charge is 0.157 e. The number of benzene rings is 1. The molecule has 2 rings (SSSR count). The van der Waals surface area contributed by atoms with Gasteiger partial charge in [-0.05, 0) is 44.8 Å². The molecule has 118 valence electrons. The predicted octanol–water partition coefficient (Wildman–Crippen LogP) is 3.83. The summed E-state index contributed by atoms with van der Waals surface area (Å²) in [6.45, 7) is 3.96. The molecule has 3 nitrogen and oxygen atoms in total. The van der Waals surface area contributed by atoms with E-state index in [1.165, 1.54) is 37.8 Å². The highest BCUT2D eigenvalue weighted by molar-refractivity contribution is 5.14. The van der Waals surface area contributed by atoms with E-state index in [2.05, 4.69) is 42.3 Å². The van der Waals surface area contributed by atoms with Gasteiger partial charge in [0.2, 0.25) is 0 Å². The second-order valence-corrected chi connectivity index (χ2v) is 5.95. The Kier molecular flexibility index (Phi) is 7.79. The summed E-state index contributed by atoms with van der Waals surface area (Å²) in [5, 5.41) is 0. The maximum Gasteiger partial charge on any atom is 0.157 e. The molecule has 0 radical (unpaired) electrons. The first-order chi connectivity index (χ1) is 10.3. The second-order valence-electron chi connectivity index (χ2n) is 5.95. The van der Waals surface area contributed by atoms with Crippen molar-refractivity contribution in [1.82, 2.24) is 4.90 Å². The van der Waals surface area contributed by atoms with Crippen LogP contribution in [0.15, 0.2) is 30.3 Å². The molecule has 1 aromatic carbocycles. The molecule has 0 spiro atoms. The molecule has 1 aromatic rings. The molecule has 0 amide bonds. The fourth-order valence-electron chi connectivity index (χ4n) is 2.72. The van der Waals surface area contributed by atoms with E-state index < -0.39 is 0 Å². The lowest BCUT2D eigenvalue weighted by Gasteiger charge is -2.23. The van der Waals surface area contributed by atoms with E-state index in [9.17, 15) is 0 Å². The summed E-state index contributed by atoms with van der Waals surface area (Å²) in [5.74, 6) is 0. The molecule has 0 unspecified atom stereocenters. The van der Waals surface area contributed by atoms with Gasteiger partial charge in [-0.2, -0.15) is 0 Å². The molecule has 0 aliphatic carbocycles. The van der Waals surface area contributed by atoms with Gasteiger partial charge in [-0.15, -0.1) is 0 Å². The van der Waals surface area contributed by atoms with E-state index in [0.29, 0.717) is 0 Å². The first-order valence-corrected chi connectivity index (χ1v) is 8.30. The van der Waals surface area contributed by atoms with E-state index in [1.807, 2.05) is 0 Å². The third-order valence-electron chi connectivity index (χ3n) is 3.92. The third kappa shape index (κ3) is 7.07. The lowest BCUT2D eigenvalue weighted by Crippen LogP contribution is -2.24. The van der Waals surface area contributed by atoms with Crippen LogP contribution in [0, 0.1) is 0 Å². The van der Waals surface area contributed by atoms with Crippen molar-refractivity contribution in [2.75, 3.05) is 26.8 Å². The zero-order valence-electron chi connectivity index (χ0n) is 13.3. The van der Waals surface area contributed by atoms with E-state index in [-0.39, 0.29) is 6.29 Å². The maximum absolute atomic E-state index is 5.56. The lowest BCUT2D eigenvalue weighted by atomic mass is 10.1. The predicted molar refractivity (Wildman–Crippen MR) is 86.2 cm³/mol. The van der Waals surface area contributed by atoms with Crippen LogP contribution in [0.5, 0.6) is 0 Å². The number of hydrogen-bond acceptors (Lipinski definition) is 3. The summed E-state index contributed by atoms with van der Waals surface area (Å²) in [7, 11) is 2.21. The molecule has 1 fully saturated rings. The van der Waals surface area contributed by atoms with Crippen LogP contribution in [-0.4, -0.2) is 38.0 Å². The Morgan fingerprint density at radius 2 is 1.71 bits per heavy atom. The largest absolute Gasteiger partial charge is 0.353 e. The molecule has 1 aliphatic rings. The van der Waals surface area contributed by atoms with Gasteiger partial charge in [-0.1, -0.05) is 43.2 Å². The summed E-state index contributed by atoms with van der Waals surface area (Å²) in [6, 6.07) is 10.7. The molecule has 1 saturated heterocycles. The zero-order chi connectivity index (χ0) is 14.8. The van der Waals surface area contributed by atoms with Crippen LogP contribution in [0.3, 0.4) is 0 Å². The summed E-state index contributed by atoms with van der Waals surface area (Å²) >= 11 is 0. The maximum atomic E-state index is 5.56. The van der Waals surface area contributed by atoms with Crippen LogP contribution in [0.4, 0.5) is 0 Å². The Morgan fingerprint density at radius 1 is 1.00 bits per heavy atom. The van der Waals surface area contributed by atoms with E-state index in [4.69, 9.17) is 9.47 Å². The van der Waals surface area contributed by atoms with Crippen molar-refractivity contribution in [3.8, 4) is 0 Å². The molecule has 1 aliphatic heterocycles. The number of unbranched alkanes of at least 4 members (excludes halogenated alkanes) is 3. The average Bonchev–Trinajstić information content (AvgIpc) is 2.53. The second kappa shape index (κ2) is 9.93. The van der Waals surface area contributed by atoms with Gasteiger partial charge >= 0.3 is 0 Å². The highest BCUT2D eigenvalue weighted by Gasteiger charge is 2.12. The molecular formula is C18H29NO2. The van der Waals surface area contributed by atoms with Crippen LogP contribution in [-0.2, 0) is 16.0 Å². The summed E-state index contributed by atoms with van der Waals surface area (Å²) < 4.78 is 11.1. The molecule has 0 aromatic heterocycles. The van der Waals surface area contributed by atoms with Crippen LogP contribution >= 0.6 is 0 Å². The molecule has 0 N–H and O–H groups in total. The monoisotopic (exact) mass is 291 g/mol. The van der Waals surface area contributed by atoms with Crippen molar-refractivity contribution in [2.45, 2.75) is 51.4 Å². The van der Waals surface area contributed by atoms with Gasteiger partial charge in [0.15, 0.2) is 6.29 Å². The van der Waals surface area contributed by atoms with Crippen molar-refractivity contribution >= 4 is 0 Å². The Hall–Kier alpha value is -0.900. The van der Waals surface area contributed by atoms with E-state index in [1.54, 1.807) is 0 Å². The van der Waals surface area contributed by atoms with Gasteiger partial charge in [0.25, 0.3) is 0 Å². The average molecular weight is 291 g/mol. The van der Waals surface area contributed by atoms with Gasteiger partial charge in [0.1, 0.15) is 0 Å². The molecule has 21 heavy (non-hydrogen) atoms. The molecule has 0 bridgehead atoms. The Balaban J connectivity index is 1.45. The van der Waals surface area contributed by atoms with E-state index in [0.717, 1.165) is 32.6 Å². The number of hydrogen-bond donors (Lipinski definition) is 0. The summed E-state index contributed by atoms with van der Waals surface area (Å²) in [4.78, 5) is 2.41. The Morgan fingerprint density at radius 3 is 2.48 bits per heavy atom. The fourth-order valence-corrected chi connectivity index (χ4v) is 2.72. The molecule has 1 heterocycles. The Bertz CT molecular complexity index is 363. The molecule has 0 atom stereocenters. The van der Waals surface area contributed by atoms with Gasteiger partial charge < -0.3 is 14.4 Å². The third-order valence-corrected chi connectivity index (χ3v) is 3.92. The fraction of sp³-hybridized carbons (Fsp3) is 0.667. The Labute approximate surface area is 129 Å². The SMILES string of the molecule is CN(CCCCCCC1OCCCO1)Cc1ccccc1. The van der Waals surface area contributed by atoms with Crippen molar-refractivity contribution in [3.63, 3.8) is 0 Å².